The molecule has 0 saturated carbocycles. The van der Waals surface area contributed by atoms with E-state index in [1.54, 1.807) is 54.6 Å². The van der Waals surface area contributed by atoms with Crippen LogP contribution in [0.2, 0.25) is 0 Å². The fourth-order valence-electron chi connectivity index (χ4n) is 2.86. The first-order chi connectivity index (χ1) is 13.4. The van der Waals surface area contributed by atoms with Crippen molar-refractivity contribution in [2.75, 3.05) is 10.3 Å². The molecule has 1 aliphatic rings. The molecule has 0 unspecified atom stereocenters. The van der Waals surface area contributed by atoms with Crippen molar-refractivity contribution in [1.29, 1.82) is 0 Å². The number of rotatable bonds is 6. The van der Waals surface area contributed by atoms with E-state index in [2.05, 4.69) is 0 Å². The molecule has 144 valence electrons. The van der Waals surface area contributed by atoms with Crippen LogP contribution in [0.1, 0.15) is 11.7 Å². The van der Waals surface area contributed by atoms with Crippen LogP contribution in [0.25, 0.3) is 0 Å². The number of hydrogen-bond acceptors (Lipinski definition) is 5. The first-order valence-corrected chi connectivity index (χ1v) is 11.4. The van der Waals surface area contributed by atoms with Crippen molar-refractivity contribution in [3.8, 4) is 0 Å². The number of hydrogen-bond donors (Lipinski definition) is 0. The summed E-state index contributed by atoms with van der Waals surface area (Å²) in [6.07, 6.45) is -0.138. The van der Waals surface area contributed by atoms with Crippen molar-refractivity contribution in [2.24, 2.45) is 0 Å². The van der Waals surface area contributed by atoms with E-state index < -0.39 is 20.0 Å². The summed E-state index contributed by atoms with van der Waals surface area (Å²) in [7, 11) is -8.75. The number of anilines is 1. The minimum atomic E-state index is -4.38. The molecule has 0 bridgehead atoms. The zero-order valence-electron chi connectivity index (χ0n) is 14.7. The van der Waals surface area contributed by atoms with E-state index in [0.29, 0.717) is 10.3 Å². The van der Waals surface area contributed by atoms with Gasteiger partial charge in [-0.2, -0.15) is 3.71 Å². The molecular formula is C20H17NO5S2. The maximum Gasteiger partial charge on any atom is 0.277 e. The van der Waals surface area contributed by atoms with Gasteiger partial charge in [0.2, 0.25) is 0 Å². The SMILES string of the molecule is O=S(=O)(c1ccccc1)N(c1cccc([C@@H]2CO2)c1)S(=O)(=O)c1ccccc1. The zero-order chi connectivity index (χ0) is 19.8. The minimum absolute atomic E-state index is 0.0423. The van der Waals surface area contributed by atoms with Crippen molar-refractivity contribution in [2.45, 2.75) is 15.9 Å². The van der Waals surface area contributed by atoms with Gasteiger partial charge in [0.25, 0.3) is 20.0 Å². The normalized spacial score (nSPS) is 16.5. The van der Waals surface area contributed by atoms with Gasteiger partial charge in [0, 0.05) is 0 Å². The second-order valence-corrected chi connectivity index (χ2v) is 10.1. The molecule has 1 saturated heterocycles. The fraction of sp³-hybridized carbons (Fsp3) is 0.100. The quantitative estimate of drug-likeness (QED) is 0.577. The highest BCUT2D eigenvalue weighted by molar-refractivity contribution is 8.10. The van der Waals surface area contributed by atoms with Gasteiger partial charge < -0.3 is 4.74 Å². The molecule has 0 radical (unpaired) electrons. The van der Waals surface area contributed by atoms with E-state index in [9.17, 15) is 16.8 Å². The Morgan fingerprint density at radius 3 is 1.68 bits per heavy atom. The summed E-state index contributed by atoms with van der Waals surface area (Å²) in [5, 5.41) is 0. The lowest BCUT2D eigenvalue weighted by molar-refractivity contribution is 0.415. The Kier molecular flexibility index (Phi) is 4.70. The largest absolute Gasteiger partial charge is 0.368 e. The predicted molar refractivity (Wildman–Crippen MR) is 105 cm³/mol. The van der Waals surface area contributed by atoms with Crippen LogP contribution >= 0.6 is 0 Å². The predicted octanol–water partition coefficient (Wildman–Crippen LogP) is 3.34. The molecule has 1 atom stereocenters. The lowest BCUT2D eigenvalue weighted by Gasteiger charge is -2.24. The summed E-state index contributed by atoms with van der Waals surface area (Å²) in [4.78, 5) is -0.217. The van der Waals surface area contributed by atoms with Gasteiger partial charge in [-0.3, -0.25) is 0 Å². The third-order valence-electron chi connectivity index (χ3n) is 4.30. The number of epoxide rings is 1. The van der Waals surface area contributed by atoms with Crippen molar-refractivity contribution in [3.05, 3.63) is 90.5 Å². The van der Waals surface area contributed by atoms with E-state index in [4.69, 9.17) is 4.74 Å². The van der Waals surface area contributed by atoms with Gasteiger partial charge in [-0.05, 0) is 42.0 Å². The average Bonchev–Trinajstić information content (AvgIpc) is 3.55. The van der Waals surface area contributed by atoms with E-state index in [1.165, 1.54) is 30.3 Å². The number of benzene rings is 3. The van der Waals surface area contributed by atoms with Crippen LogP contribution < -0.4 is 3.71 Å². The molecule has 8 heteroatoms. The van der Waals surface area contributed by atoms with Crippen LogP contribution in [-0.4, -0.2) is 23.4 Å². The summed E-state index contributed by atoms with van der Waals surface area (Å²) in [6.45, 7) is 0.528. The second kappa shape index (κ2) is 7.05. The summed E-state index contributed by atoms with van der Waals surface area (Å²) in [6, 6.07) is 21.4. The fourth-order valence-corrected chi connectivity index (χ4v) is 6.58. The molecular weight excluding hydrogens is 398 g/mol. The summed E-state index contributed by atoms with van der Waals surface area (Å²) in [5.74, 6) is 0. The van der Waals surface area contributed by atoms with Crippen LogP contribution in [0.3, 0.4) is 0 Å². The molecule has 6 nitrogen and oxygen atoms in total. The molecule has 3 aromatic rings. The maximum absolute atomic E-state index is 13.4. The Hall–Kier alpha value is -2.68. The molecule has 0 N–H and O–H groups in total. The van der Waals surface area contributed by atoms with E-state index >= 15 is 0 Å². The van der Waals surface area contributed by atoms with Crippen LogP contribution in [-0.2, 0) is 24.8 Å². The van der Waals surface area contributed by atoms with Gasteiger partial charge in [0.15, 0.2) is 0 Å². The highest BCUT2D eigenvalue weighted by Gasteiger charge is 2.37. The molecule has 1 heterocycles. The van der Waals surface area contributed by atoms with Gasteiger partial charge in [-0.25, -0.2) is 16.8 Å². The van der Waals surface area contributed by atoms with Gasteiger partial charge in [-0.15, -0.1) is 0 Å². The lowest BCUT2D eigenvalue weighted by atomic mass is 10.1. The monoisotopic (exact) mass is 415 g/mol. The van der Waals surface area contributed by atoms with Gasteiger partial charge in [0.1, 0.15) is 6.10 Å². The Bertz CT molecular complexity index is 1120. The molecule has 3 aromatic carbocycles. The highest BCUT2D eigenvalue weighted by atomic mass is 32.3. The minimum Gasteiger partial charge on any atom is -0.368 e. The highest BCUT2D eigenvalue weighted by Crippen LogP contribution is 2.35. The van der Waals surface area contributed by atoms with Crippen LogP contribution in [0.5, 0.6) is 0 Å². The molecule has 1 fully saturated rings. The van der Waals surface area contributed by atoms with E-state index in [1.807, 2.05) is 0 Å². The molecule has 0 aliphatic carbocycles. The van der Waals surface area contributed by atoms with Crippen molar-refractivity contribution in [3.63, 3.8) is 0 Å². The first-order valence-electron chi connectivity index (χ1n) is 8.53. The zero-order valence-corrected chi connectivity index (χ0v) is 16.3. The molecule has 0 spiro atoms. The Labute approximate surface area is 164 Å². The van der Waals surface area contributed by atoms with Crippen LogP contribution in [0.4, 0.5) is 5.69 Å². The third kappa shape index (κ3) is 3.42. The Morgan fingerprint density at radius 1 is 0.714 bits per heavy atom. The van der Waals surface area contributed by atoms with Crippen molar-refractivity contribution >= 4 is 25.7 Å². The van der Waals surface area contributed by atoms with Crippen molar-refractivity contribution < 1.29 is 21.6 Å². The third-order valence-corrected chi connectivity index (χ3v) is 8.51. The first kappa shape index (κ1) is 18.7. The Morgan fingerprint density at radius 2 is 1.21 bits per heavy atom. The smallest absolute Gasteiger partial charge is 0.277 e. The standard InChI is InChI=1S/C20H17NO5S2/c22-27(23,18-10-3-1-4-11-18)21(28(24,25)19-12-5-2-6-13-19)17-9-7-8-16(14-17)20-15-26-20/h1-14,20H,15H2/t20-/m0/s1. The maximum atomic E-state index is 13.4. The molecule has 0 amide bonds. The summed E-state index contributed by atoms with van der Waals surface area (Å²) in [5.41, 5.74) is 0.773. The van der Waals surface area contributed by atoms with Crippen molar-refractivity contribution in [1.82, 2.24) is 0 Å². The second-order valence-electron chi connectivity index (χ2n) is 6.25. The van der Waals surface area contributed by atoms with Gasteiger partial charge in [-0.1, -0.05) is 48.5 Å². The van der Waals surface area contributed by atoms with Crippen LogP contribution in [0, 0.1) is 0 Å². The molecule has 4 rings (SSSR count). The lowest BCUT2D eigenvalue weighted by Crippen LogP contribution is -2.37. The van der Waals surface area contributed by atoms with E-state index in [0.717, 1.165) is 5.56 Å². The summed E-state index contributed by atoms with van der Waals surface area (Å²) >= 11 is 0. The van der Waals surface area contributed by atoms with E-state index in [-0.39, 0.29) is 21.6 Å². The topological polar surface area (TPSA) is 84.1 Å². The Balaban J connectivity index is 1.93. The number of sulfonamides is 2. The van der Waals surface area contributed by atoms with Gasteiger partial charge >= 0.3 is 0 Å². The molecule has 1 aliphatic heterocycles. The van der Waals surface area contributed by atoms with Crippen LogP contribution in [0.15, 0.2) is 94.7 Å². The molecule has 28 heavy (non-hydrogen) atoms. The van der Waals surface area contributed by atoms with Gasteiger partial charge in [0.05, 0.1) is 22.1 Å². The number of ether oxygens (including phenoxy) is 1. The average molecular weight is 415 g/mol. The summed E-state index contributed by atoms with van der Waals surface area (Å²) < 4.78 is 59.2. The molecule has 0 aromatic heterocycles. The number of nitrogens with zero attached hydrogens (tertiary/aromatic N) is 1.